The molecule has 0 spiro atoms. The smallest absolute Gasteiger partial charge is 0.380 e. The Hall–Kier alpha value is -2.18. The number of nitrogens with zero attached hydrogens (tertiary/aromatic N) is 1. The minimum Gasteiger partial charge on any atom is -0.454 e. The minimum atomic E-state index is -0.899. The molecular formula is C18H24N2O4+. The van der Waals surface area contributed by atoms with Gasteiger partial charge in [0.2, 0.25) is 6.20 Å². The fourth-order valence-electron chi connectivity index (χ4n) is 2.29. The summed E-state index contributed by atoms with van der Waals surface area (Å²) in [4.78, 5) is 33.8. The third-order valence-electron chi connectivity index (χ3n) is 2.96. The Balaban J connectivity index is 2.39. The van der Waals surface area contributed by atoms with Gasteiger partial charge in [-0.05, 0) is 47.6 Å². The van der Waals surface area contributed by atoms with Crippen LogP contribution in [0.4, 0.5) is 5.82 Å². The number of carbonyl (C=O) groups excluding carboxylic acids is 2. The van der Waals surface area contributed by atoms with Gasteiger partial charge >= 0.3 is 5.97 Å². The standard InChI is InChI=1S/C18H24N2O4/c1-17(2,3)23-16(22)14(21)13-9-10-19-15(13)20(11-7-8-12-20)24-18(4,5)6/h7-11,19H,1-6H3/q+1. The number of nitrogens with one attached hydrogen (secondary N) is 1. The van der Waals surface area contributed by atoms with Gasteiger partial charge in [0.05, 0.1) is 0 Å². The Bertz CT molecular complexity index is 687. The van der Waals surface area contributed by atoms with Gasteiger partial charge in [0.1, 0.15) is 23.0 Å². The van der Waals surface area contributed by atoms with Gasteiger partial charge in [-0.15, -0.1) is 0 Å². The zero-order chi connectivity index (χ0) is 18.2. The van der Waals surface area contributed by atoms with Crippen LogP contribution in [-0.4, -0.2) is 27.9 Å². The number of ketones is 1. The zero-order valence-electron chi connectivity index (χ0n) is 15.0. The second-order valence-corrected chi connectivity index (χ2v) is 7.57. The molecule has 6 heteroatoms. The summed E-state index contributed by atoms with van der Waals surface area (Å²) in [5.41, 5.74) is -1.05. The number of esters is 1. The predicted molar refractivity (Wildman–Crippen MR) is 90.6 cm³/mol. The van der Waals surface area contributed by atoms with Crippen molar-refractivity contribution in [2.45, 2.75) is 52.7 Å². The maximum atomic E-state index is 12.5. The topological polar surface area (TPSA) is 68.4 Å². The molecule has 0 fully saturated rings. The molecule has 0 amide bonds. The van der Waals surface area contributed by atoms with Crippen LogP contribution in [0.3, 0.4) is 0 Å². The maximum Gasteiger partial charge on any atom is 0.380 e. The maximum absolute atomic E-state index is 12.5. The Kier molecular flexibility index (Phi) is 4.57. The molecule has 0 aromatic carbocycles. The van der Waals surface area contributed by atoms with Gasteiger partial charge in [-0.2, -0.15) is 4.84 Å². The second kappa shape index (κ2) is 6.03. The van der Waals surface area contributed by atoms with Crippen molar-refractivity contribution >= 4 is 17.6 Å². The van der Waals surface area contributed by atoms with Crippen LogP contribution in [0.25, 0.3) is 0 Å². The fraction of sp³-hybridized carbons (Fsp3) is 0.444. The van der Waals surface area contributed by atoms with Gasteiger partial charge in [0.25, 0.3) is 11.6 Å². The number of aromatic nitrogens is 1. The summed E-state index contributed by atoms with van der Waals surface area (Å²) in [5.74, 6) is -1.21. The average Bonchev–Trinajstić information content (AvgIpc) is 3.02. The molecule has 6 nitrogen and oxygen atoms in total. The highest BCUT2D eigenvalue weighted by atomic mass is 16.7. The number of quaternary nitrogens is 1. The summed E-state index contributed by atoms with van der Waals surface area (Å²) >= 11 is 0. The van der Waals surface area contributed by atoms with Crippen LogP contribution in [0.1, 0.15) is 51.9 Å². The molecule has 0 bridgehead atoms. The number of allylic oxidation sites excluding steroid dienone is 2. The number of hydrogen-bond donors (Lipinski definition) is 1. The van der Waals surface area contributed by atoms with Crippen LogP contribution in [-0.2, 0) is 14.4 Å². The number of hydrogen-bond acceptors (Lipinski definition) is 4. The summed E-state index contributed by atoms with van der Waals surface area (Å²) < 4.78 is 4.93. The number of aromatic amines is 1. The highest BCUT2D eigenvalue weighted by Gasteiger charge is 2.43. The van der Waals surface area contributed by atoms with Crippen molar-refractivity contribution in [3.05, 3.63) is 42.4 Å². The monoisotopic (exact) mass is 332 g/mol. The fourth-order valence-corrected chi connectivity index (χ4v) is 2.29. The highest BCUT2D eigenvalue weighted by molar-refractivity contribution is 6.41. The van der Waals surface area contributed by atoms with Crippen LogP contribution >= 0.6 is 0 Å². The van der Waals surface area contributed by atoms with Gasteiger partial charge in [-0.1, -0.05) is 4.65 Å². The number of H-pyrrole nitrogens is 1. The normalized spacial score (nSPS) is 16.4. The molecule has 24 heavy (non-hydrogen) atoms. The van der Waals surface area contributed by atoms with Gasteiger partial charge in [-0.25, -0.2) is 4.79 Å². The van der Waals surface area contributed by atoms with Crippen molar-refractivity contribution in [2.75, 3.05) is 0 Å². The van der Waals surface area contributed by atoms with E-state index < -0.39 is 23.0 Å². The molecule has 129 valence electrons. The number of Topliss-reactive ketones (excluding diaryl/α,β-unsaturated/α-hetero) is 1. The van der Waals surface area contributed by atoms with Crippen molar-refractivity contribution in [1.29, 1.82) is 0 Å². The highest BCUT2D eigenvalue weighted by Crippen LogP contribution is 2.34. The molecule has 2 rings (SSSR count). The molecule has 1 atom stereocenters. The minimum absolute atomic E-state index is 0.195. The Morgan fingerprint density at radius 2 is 1.79 bits per heavy atom. The summed E-state index contributed by atoms with van der Waals surface area (Å²) in [6.07, 6.45) is 9.86. The first kappa shape index (κ1) is 18.2. The van der Waals surface area contributed by atoms with Crippen LogP contribution in [0, 0.1) is 6.20 Å². The Morgan fingerprint density at radius 1 is 1.12 bits per heavy atom. The molecule has 2 heterocycles. The Morgan fingerprint density at radius 3 is 2.29 bits per heavy atom. The number of carbonyl (C=O) groups is 2. The van der Waals surface area contributed by atoms with E-state index in [4.69, 9.17) is 9.57 Å². The van der Waals surface area contributed by atoms with E-state index >= 15 is 0 Å². The lowest BCUT2D eigenvalue weighted by Gasteiger charge is -2.30. The van der Waals surface area contributed by atoms with E-state index in [9.17, 15) is 9.59 Å². The lowest BCUT2D eigenvalue weighted by molar-refractivity contribution is -0.166. The van der Waals surface area contributed by atoms with Crippen molar-refractivity contribution in [1.82, 2.24) is 9.63 Å². The molecule has 1 radical (unpaired) electrons. The first-order valence-electron chi connectivity index (χ1n) is 7.77. The van der Waals surface area contributed by atoms with Gasteiger partial charge < -0.3 is 9.72 Å². The number of ether oxygens (including phenoxy) is 1. The van der Waals surface area contributed by atoms with E-state index in [1.54, 1.807) is 51.4 Å². The van der Waals surface area contributed by atoms with Gasteiger partial charge in [-0.3, -0.25) is 4.79 Å². The van der Waals surface area contributed by atoms with E-state index in [0.717, 1.165) is 0 Å². The SMILES string of the molecule is CC(C)(C)OC(=O)C(=O)c1cc[nH]c1[N+]1(OC(C)(C)C)[C]=CC=C1. The largest absolute Gasteiger partial charge is 0.454 e. The third kappa shape index (κ3) is 4.01. The predicted octanol–water partition coefficient (Wildman–Crippen LogP) is 3.42. The van der Waals surface area contributed by atoms with Crippen molar-refractivity contribution in [3.8, 4) is 0 Å². The summed E-state index contributed by atoms with van der Waals surface area (Å²) in [7, 11) is 0. The van der Waals surface area contributed by atoms with E-state index in [2.05, 4.69) is 11.2 Å². The second-order valence-electron chi connectivity index (χ2n) is 7.57. The third-order valence-corrected chi connectivity index (χ3v) is 2.96. The van der Waals surface area contributed by atoms with E-state index in [0.29, 0.717) is 5.82 Å². The van der Waals surface area contributed by atoms with Crippen LogP contribution < -0.4 is 4.65 Å². The Labute approximate surface area is 142 Å². The van der Waals surface area contributed by atoms with Crippen LogP contribution in [0.2, 0.25) is 0 Å². The molecule has 1 aliphatic rings. The number of hydroxylamine groups is 2. The quantitative estimate of drug-likeness (QED) is 0.397. The molecule has 1 aromatic rings. The molecule has 1 aromatic heterocycles. The molecule has 1 aliphatic heterocycles. The molecule has 1 unspecified atom stereocenters. The molecule has 1 N–H and O–H groups in total. The van der Waals surface area contributed by atoms with Crippen LogP contribution in [0.5, 0.6) is 0 Å². The van der Waals surface area contributed by atoms with E-state index in [1.165, 1.54) is 0 Å². The average molecular weight is 332 g/mol. The molecule has 0 saturated heterocycles. The van der Waals surface area contributed by atoms with Crippen molar-refractivity contribution in [2.24, 2.45) is 0 Å². The van der Waals surface area contributed by atoms with E-state index in [1.807, 2.05) is 20.8 Å². The first-order valence-corrected chi connectivity index (χ1v) is 7.77. The lowest BCUT2D eigenvalue weighted by atomic mass is 10.1. The molecular weight excluding hydrogens is 308 g/mol. The number of rotatable bonds is 4. The van der Waals surface area contributed by atoms with Crippen LogP contribution in [0.15, 0.2) is 30.6 Å². The van der Waals surface area contributed by atoms with Gasteiger partial charge in [0, 0.05) is 18.3 Å². The lowest BCUT2D eigenvalue weighted by Crippen LogP contribution is -2.45. The summed E-state index contributed by atoms with van der Waals surface area (Å²) in [6, 6.07) is 1.54. The van der Waals surface area contributed by atoms with Crippen molar-refractivity contribution < 1.29 is 19.2 Å². The molecule has 0 saturated carbocycles. The van der Waals surface area contributed by atoms with Crippen molar-refractivity contribution in [3.63, 3.8) is 0 Å². The first-order chi connectivity index (χ1) is 10.9. The van der Waals surface area contributed by atoms with Gasteiger partial charge in [0.15, 0.2) is 0 Å². The zero-order valence-corrected chi connectivity index (χ0v) is 15.0. The molecule has 0 aliphatic carbocycles. The van der Waals surface area contributed by atoms with E-state index in [-0.39, 0.29) is 10.2 Å². The summed E-state index contributed by atoms with van der Waals surface area (Å²) in [5, 5.41) is 0. The summed E-state index contributed by atoms with van der Waals surface area (Å²) in [6.45, 7) is 10.9.